The van der Waals surface area contributed by atoms with Crippen LogP contribution in [0.5, 0.6) is 5.75 Å². The highest BCUT2D eigenvalue weighted by molar-refractivity contribution is 5.91. The second-order valence-electron chi connectivity index (χ2n) is 4.78. The van der Waals surface area contributed by atoms with Crippen LogP contribution >= 0.6 is 0 Å². The van der Waals surface area contributed by atoms with Crippen molar-refractivity contribution in [3.8, 4) is 5.75 Å². The lowest BCUT2D eigenvalue weighted by molar-refractivity contribution is -0.118. The van der Waals surface area contributed by atoms with Crippen molar-refractivity contribution in [2.45, 2.75) is 37.8 Å². The van der Waals surface area contributed by atoms with Crippen LogP contribution in [-0.2, 0) is 4.79 Å². The van der Waals surface area contributed by atoms with Crippen molar-refractivity contribution in [3.63, 3.8) is 0 Å². The summed E-state index contributed by atoms with van der Waals surface area (Å²) in [5.41, 5.74) is 0.652. The number of carbonyl (C=O) groups excluding carboxylic acids is 1. The van der Waals surface area contributed by atoms with E-state index in [1.54, 1.807) is 12.3 Å². The molecule has 1 heterocycles. The van der Waals surface area contributed by atoms with E-state index in [2.05, 4.69) is 10.3 Å². The molecule has 0 bridgehead atoms. The first-order valence-corrected chi connectivity index (χ1v) is 6.46. The number of nitrogens with zero attached hydrogens (tertiary/aromatic N) is 1. The summed E-state index contributed by atoms with van der Waals surface area (Å²) in [5.74, 6) is -0.181. The maximum atomic E-state index is 11.7. The number of rotatable bonds is 3. The molecule has 1 saturated carbocycles. The van der Waals surface area contributed by atoms with Crippen molar-refractivity contribution >= 4 is 12.0 Å². The number of aromatic nitrogens is 1. The lowest BCUT2D eigenvalue weighted by atomic mass is 9.92. The zero-order valence-electron chi connectivity index (χ0n) is 10.6. The minimum Gasteiger partial charge on any atom is -0.506 e. The van der Waals surface area contributed by atoms with Gasteiger partial charge >= 0.3 is 0 Å². The molecule has 1 aliphatic carbocycles. The Morgan fingerprint density at radius 3 is 2.89 bits per heavy atom. The first-order chi connectivity index (χ1) is 9.15. The molecule has 0 aliphatic heterocycles. The minimum absolute atomic E-state index is 0.0604. The van der Waals surface area contributed by atoms with Crippen LogP contribution in [0.2, 0.25) is 0 Å². The van der Waals surface area contributed by atoms with E-state index in [-0.39, 0.29) is 17.7 Å². The van der Waals surface area contributed by atoms with Gasteiger partial charge in [0.05, 0.1) is 18.3 Å². The van der Waals surface area contributed by atoms with E-state index in [1.807, 2.05) is 0 Å². The van der Waals surface area contributed by atoms with Gasteiger partial charge in [-0.25, -0.2) is 0 Å². The fourth-order valence-electron chi connectivity index (χ4n) is 2.22. The molecule has 0 radical (unpaired) electrons. The summed E-state index contributed by atoms with van der Waals surface area (Å²) in [7, 11) is 0. The normalized spacial score (nSPS) is 23.4. The SMILES string of the molecule is O=C(/C=C/c1cncc(O)c1)NC1CCCCC1O. The first-order valence-electron chi connectivity index (χ1n) is 6.46. The summed E-state index contributed by atoms with van der Waals surface area (Å²) >= 11 is 0. The van der Waals surface area contributed by atoms with Crippen LogP contribution < -0.4 is 5.32 Å². The topological polar surface area (TPSA) is 82.5 Å². The molecular weight excluding hydrogens is 244 g/mol. The molecule has 102 valence electrons. The number of aliphatic hydroxyl groups is 1. The number of carbonyl (C=O) groups is 1. The van der Waals surface area contributed by atoms with Crippen molar-refractivity contribution < 1.29 is 15.0 Å². The van der Waals surface area contributed by atoms with E-state index in [0.29, 0.717) is 5.56 Å². The molecule has 1 fully saturated rings. The van der Waals surface area contributed by atoms with Crippen LogP contribution in [-0.4, -0.2) is 33.3 Å². The van der Waals surface area contributed by atoms with Crippen molar-refractivity contribution in [2.24, 2.45) is 0 Å². The number of nitrogens with one attached hydrogen (secondary N) is 1. The number of pyridine rings is 1. The van der Waals surface area contributed by atoms with E-state index in [4.69, 9.17) is 0 Å². The quantitative estimate of drug-likeness (QED) is 0.715. The molecule has 2 rings (SSSR count). The van der Waals surface area contributed by atoms with Crippen LogP contribution in [0, 0.1) is 0 Å². The Bertz CT molecular complexity index is 474. The third kappa shape index (κ3) is 4.06. The maximum Gasteiger partial charge on any atom is 0.244 e. The number of hydrogen-bond acceptors (Lipinski definition) is 4. The van der Waals surface area contributed by atoms with Gasteiger partial charge in [-0.2, -0.15) is 0 Å². The summed E-state index contributed by atoms with van der Waals surface area (Å²) in [5, 5.41) is 21.8. The monoisotopic (exact) mass is 262 g/mol. The zero-order valence-corrected chi connectivity index (χ0v) is 10.6. The molecule has 5 heteroatoms. The summed E-state index contributed by atoms with van der Waals surface area (Å²) in [4.78, 5) is 15.5. The molecule has 1 aromatic rings. The number of amides is 1. The van der Waals surface area contributed by atoms with Gasteiger partial charge in [0.15, 0.2) is 0 Å². The molecule has 1 amide bonds. The fraction of sp³-hybridized carbons (Fsp3) is 0.429. The molecule has 1 aliphatic rings. The first kappa shape index (κ1) is 13.5. The molecule has 2 unspecified atom stereocenters. The second kappa shape index (κ2) is 6.33. The highest BCUT2D eigenvalue weighted by Gasteiger charge is 2.23. The smallest absolute Gasteiger partial charge is 0.244 e. The Hall–Kier alpha value is -1.88. The molecule has 3 N–H and O–H groups in total. The van der Waals surface area contributed by atoms with E-state index < -0.39 is 6.10 Å². The number of aromatic hydroxyl groups is 1. The van der Waals surface area contributed by atoms with Crippen molar-refractivity contribution in [2.75, 3.05) is 0 Å². The van der Waals surface area contributed by atoms with Crippen molar-refractivity contribution in [1.82, 2.24) is 10.3 Å². The predicted molar refractivity (Wildman–Crippen MR) is 71.3 cm³/mol. The molecule has 0 aromatic carbocycles. The van der Waals surface area contributed by atoms with Crippen LogP contribution in [0.25, 0.3) is 6.08 Å². The lowest BCUT2D eigenvalue weighted by Crippen LogP contribution is -2.44. The summed E-state index contributed by atoms with van der Waals surface area (Å²) < 4.78 is 0. The Balaban J connectivity index is 1.90. The van der Waals surface area contributed by atoms with Gasteiger partial charge in [-0.05, 0) is 30.5 Å². The molecule has 1 aromatic heterocycles. The maximum absolute atomic E-state index is 11.7. The van der Waals surface area contributed by atoms with Gasteiger partial charge in [-0.1, -0.05) is 12.8 Å². The van der Waals surface area contributed by atoms with E-state index in [1.165, 1.54) is 18.3 Å². The molecule has 2 atom stereocenters. The van der Waals surface area contributed by atoms with Gasteiger partial charge in [-0.3, -0.25) is 9.78 Å². The van der Waals surface area contributed by atoms with Crippen molar-refractivity contribution in [1.29, 1.82) is 0 Å². The van der Waals surface area contributed by atoms with Crippen LogP contribution in [0.15, 0.2) is 24.5 Å². The molecule has 0 spiro atoms. The summed E-state index contributed by atoms with van der Waals surface area (Å²) in [6.07, 6.45) is 9.00. The van der Waals surface area contributed by atoms with Gasteiger partial charge in [0, 0.05) is 12.3 Å². The minimum atomic E-state index is -0.450. The highest BCUT2D eigenvalue weighted by Crippen LogP contribution is 2.18. The van der Waals surface area contributed by atoms with Crippen LogP contribution in [0.3, 0.4) is 0 Å². The summed E-state index contributed by atoms with van der Waals surface area (Å²) in [6, 6.07) is 1.36. The van der Waals surface area contributed by atoms with Gasteiger partial charge < -0.3 is 15.5 Å². The largest absolute Gasteiger partial charge is 0.506 e. The third-order valence-corrected chi connectivity index (χ3v) is 3.23. The zero-order chi connectivity index (χ0) is 13.7. The van der Waals surface area contributed by atoms with Gasteiger partial charge in [0.1, 0.15) is 5.75 Å². The third-order valence-electron chi connectivity index (χ3n) is 3.23. The molecule has 0 saturated heterocycles. The van der Waals surface area contributed by atoms with Gasteiger partial charge in [-0.15, -0.1) is 0 Å². The molecule has 19 heavy (non-hydrogen) atoms. The average Bonchev–Trinajstić information content (AvgIpc) is 2.39. The standard InChI is InChI=1S/C14H18N2O3/c17-11-7-10(8-15-9-11)5-6-14(19)16-12-3-1-2-4-13(12)18/h5-9,12-13,17-18H,1-4H2,(H,16,19)/b6-5+. The number of hydrogen-bond donors (Lipinski definition) is 3. The Morgan fingerprint density at radius 2 is 2.16 bits per heavy atom. The average molecular weight is 262 g/mol. The highest BCUT2D eigenvalue weighted by atomic mass is 16.3. The summed E-state index contributed by atoms with van der Waals surface area (Å²) in [6.45, 7) is 0. The number of aliphatic hydroxyl groups excluding tert-OH is 1. The molecular formula is C14H18N2O3. The van der Waals surface area contributed by atoms with E-state index in [9.17, 15) is 15.0 Å². The Morgan fingerprint density at radius 1 is 1.37 bits per heavy atom. The van der Waals surface area contributed by atoms with Crippen molar-refractivity contribution in [3.05, 3.63) is 30.1 Å². The Kier molecular flexibility index (Phi) is 4.52. The predicted octanol–water partition coefficient (Wildman–Crippen LogP) is 1.22. The van der Waals surface area contributed by atoms with Crippen LogP contribution in [0.4, 0.5) is 0 Å². The Labute approximate surface area is 112 Å². The van der Waals surface area contributed by atoms with Gasteiger partial charge in [0.2, 0.25) is 5.91 Å². The van der Waals surface area contributed by atoms with E-state index >= 15 is 0 Å². The lowest BCUT2D eigenvalue weighted by Gasteiger charge is -2.27. The fourth-order valence-corrected chi connectivity index (χ4v) is 2.22. The second-order valence-corrected chi connectivity index (χ2v) is 4.78. The molecule has 5 nitrogen and oxygen atoms in total. The van der Waals surface area contributed by atoms with Gasteiger partial charge in [0.25, 0.3) is 0 Å². The van der Waals surface area contributed by atoms with E-state index in [0.717, 1.165) is 25.7 Å². The van der Waals surface area contributed by atoms with Crippen LogP contribution in [0.1, 0.15) is 31.2 Å².